The van der Waals surface area contributed by atoms with Crippen molar-refractivity contribution in [1.29, 1.82) is 0 Å². The number of nitrogens with one attached hydrogen (secondary N) is 1. The van der Waals surface area contributed by atoms with Crippen LogP contribution >= 0.6 is 0 Å². The van der Waals surface area contributed by atoms with Gasteiger partial charge in [0.05, 0.1) is 13.2 Å². The normalized spacial score (nSPS) is 19.9. The first-order valence-electron chi connectivity index (χ1n) is 9.78. The molecule has 0 saturated carbocycles. The fourth-order valence-corrected chi connectivity index (χ4v) is 3.78. The van der Waals surface area contributed by atoms with Crippen LogP contribution in [0, 0.1) is 0 Å². The highest BCUT2D eigenvalue weighted by Crippen LogP contribution is 2.33. The molecular formula is C20H22N4O5. The highest BCUT2D eigenvalue weighted by molar-refractivity contribution is 6.03. The van der Waals surface area contributed by atoms with Gasteiger partial charge in [-0.3, -0.25) is 4.79 Å². The number of carbonyl (C=O) groups is 1. The van der Waals surface area contributed by atoms with Gasteiger partial charge >= 0.3 is 0 Å². The van der Waals surface area contributed by atoms with Crippen molar-refractivity contribution in [2.45, 2.75) is 18.6 Å². The maximum Gasteiger partial charge on any atom is 0.274 e. The summed E-state index contributed by atoms with van der Waals surface area (Å²) in [4.78, 5) is 23.5. The Bertz CT molecular complexity index is 905. The van der Waals surface area contributed by atoms with Crippen molar-refractivity contribution in [3.8, 4) is 11.5 Å². The Morgan fingerprint density at radius 1 is 1.00 bits per heavy atom. The number of piperidine rings is 1. The van der Waals surface area contributed by atoms with Crippen LogP contribution in [0.5, 0.6) is 11.5 Å². The molecule has 1 N–H and O–H groups in total. The summed E-state index contributed by atoms with van der Waals surface area (Å²) in [6.07, 6.45) is 3.11. The van der Waals surface area contributed by atoms with Gasteiger partial charge in [-0.15, -0.1) is 0 Å². The molecule has 0 radical (unpaired) electrons. The van der Waals surface area contributed by atoms with Crippen molar-refractivity contribution in [2.24, 2.45) is 0 Å². The minimum absolute atomic E-state index is 0.304. The molecule has 0 bridgehead atoms. The number of anilines is 2. The van der Waals surface area contributed by atoms with Crippen LogP contribution in [0.3, 0.4) is 0 Å². The van der Waals surface area contributed by atoms with Crippen molar-refractivity contribution >= 4 is 17.5 Å². The van der Waals surface area contributed by atoms with E-state index < -0.39 is 5.79 Å². The Labute approximate surface area is 167 Å². The third-order valence-electron chi connectivity index (χ3n) is 5.30. The lowest BCUT2D eigenvalue weighted by Crippen LogP contribution is -2.45. The number of benzene rings is 1. The van der Waals surface area contributed by atoms with E-state index in [9.17, 15) is 4.79 Å². The Hall–Kier alpha value is -2.91. The van der Waals surface area contributed by atoms with E-state index in [0.717, 1.165) is 12.8 Å². The lowest BCUT2D eigenvalue weighted by Gasteiger charge is -2.37. The average molecular weight is 398 g/mol. The first-order valence-corrected chi connectivity index (χ1v) is 9.78. The first-order chi connectivity index (χ1) is 14.2. The fraction of sp³-hybridized carbons (Fsp3) is 0.450. The molecule has 4 heterocycles. The molecule has 2 fully saturated rings. The largest absolute Gasteiger partial charge is 0.486 e. The third kappa shape index (κ3) is 3.70. The summed E-state index contributed by atoms with van der Waals surface area (Å²) in [5, 5.41) is 2.85. The second-order valence-electron chi connectivity index (χ2n) is 7.15. The second-order valence-corrected chi connectivity index (χ2v) is 7.15. The van der Waals surface area contributed by atoms with E-state index in [1.807, 2.05) is 0 Å². The number of carbonyl (C=O) groups excluding carboxylic acids is 1. The summed E-state index contributed by atoms with van der Waals surface area (Å²) >= 11 is 0. The van der Waals surface area contributed by atoms with Crippen LogP contribution in [0.1, 0.15) is 23.3 Å². The monoisotopic (exact) mass is 398 g/mol. The van der Waals surface area contributed by atoms with Crippen LogP contribution in [0.2, 0.25) is 0 Å². The van der Waals surface area contributed by atoms with Crippen LogP contribution < -0.4 is 19.7 Å². The number of amides is 1. The summed E-state index contributed by atoms with van der Waals surface area (Å²) in [6.45, 7) is 3.74. The molecular weight excluding hydrogens is 376 g/mol. The molecule has 1 spiro atoms. The van der Waals surface area contributed by atoms with Gasteiger partial charge in [-0.2, -0.15) is 0 Å². The zero-order chi connectivity index (χ0) is 19.7. The van der Waals surface area contributed by atoms with E-state index in [2.05, 4.69) is 20.2 Å². The number of ether oxygens (including phenoxy) is 4. The summed E-state index contributed by atoms with van der Waals surface area (Å²) < 4.78 is 22.6. The van der Waals surface area contributed by atoms with Crippen LogP contribution in [0.15, 0.2) is 30.5 Å². The number of rotatable bonds is 3. The third-order valence-corrected chi connectivity index (χ3v) is 5.30. The summed E-state index contributed by atoms with van der Waals surface area (Å²) in [5.41, 5.74) is 0.924. The first kappa shape index (κ1) is 18.1. The van der Waals surface area contributed by atoms with E-state index in [-0.39, 0.29) is 5.91 Å². The van der Waals surface area contributed by atoms with E-state index in [1.165, 1.54) is 0 Å². The molecule has 3 aliphatic heterocycles. The zero-order valence-corrected chi connectivity index (χ0v) is 15.9. The Balaban J connectivity index is 1.26. The smallest absolute Gasteiger partial charge is 0.274 e. The van der Waals surface area contributed by atoms with Gasteiger partial charge in [-0.25, -0.2) is 9.97 Å². The van der Waals surface area contributed by atoms with Gasteiger partial charge in [0.15, 0.2) is 17.3 Å². The maximum atomic E-state index is 12.7. The fourth-order valence-electron chi connectivity index (χ4n) is 3.78. The van der Waals surface area contributed by atoms with Gasteiger partial charge in [0.25, 0.3) is 5.91 Å². The molecule has 9 heteroatoms. The van der Waals surface area contributed by atoms with Crippen molar-refractivity contribution < 1.29 is 23.7 Å². The number of aromatic nitrogens is 2. The van der Waals surface area contributed by atoms with Gasteiger partial charge in [0.2, 0.25) is 5.95 Å². The lowest BCUT2D eigenvalue weighted by molar-refractivity contribution is -0.169. The van der Waals surface area contributed by atoms with Crippen LogP contribution in [0.25, 0.3) is 0 Å². The predicted molar refractivity (Wildman–Crippen MR) is 103 cm³/mol. The minimum Gasteiger partial charge on any atom is -0.486 e. The van der Waals surface area contributed by atoms with Gasteiger partial charge in [0.1, 0.15) is 18.9 Å². The number of nitrogens with zero attached hydrogens (tertiary/aromatic N) is 3. The standard InChI is InChI=1S/C20H22N4O5/c25-18(22-14-1-2-16-17(13-14)27-10-9-26-16)15-3-6-21-19(23-15)24-7-4-20(5-8-24)28-11-12-29-20/h1-3,6,13H,4-5,7-12H2,(H,22,25). The molecule has 1 amide bonds. The highest BCUT2D eigenvalue weighted by atomic mass is 16.7. The molecule has 1 aromatic heterocycles. The number of hydrogen-bond acceptors (Lipinski definition) is 8. The van der Waals surface area contributed by atoms with Gasteiger partial charge < -0.3 is 29.2 Å². The molecule has 5 rings (SSSR count). The predicted octanol–water partition coefficient (Wildman–Crippen LogP) is 1.84. The quantitative estimate of drug-likeness (QED) is 0.837. The molecule has 152 valence electrons. The molecule has 0 atom stereocenters. The van der Waals surface area contributed by atoms with E-state index in [0.29, 0.717) is 68.3 Å². The maximum absolute atomic E-state index is 12.7. The van der Waals surface area contributed by atoms with E-state index in [1.54, 1.807) is 30.5 Å². The zero-order valence-electron chi connectivity index (χ0n) is 15.9. The van der Waals surface area contributed by atoms with Crippen LogP contribution in [0.4, 0.5) is 11.6 Å². The van der Waals surface area contributed by atoms with Crippen molar-refractivity contribution in [1.82, 2.24) is 9.97 Å². The van der Waals surface area contributed by atoms with Crippen LogP contribution in [-0.4, -0.2) is 61.2 Å². The van der Waals surface area contributed by atoms with Gasteiger partial charge in [0, 0.05) is 43.9 Å². The number of hydrogen-bond donors (Lipinski definition) is 1. The average Bonchev–Trinajstić information content (AvgIpc) is 3.22. The van der Waals surface area contributed by atoms with Crippen LogP contribution in [-0.2, 0) is 9.47 Å². The summed E-state index contributed by atoms with van der Waals surface area (Å²) in [7, 11) is 0. The molecule has 0 aliphatic carbocycles. The lowest BCUT2D eigenvalue weighted by atomic mass is 10.0. The molecule has 29 heavy (non-hydrogen) atoms. The molecule has 9 nitrogen and oxygen atoms in total. The van der Waals surface area contributed by atoms with Crippen molar-refractivity contribution in [2.75, 3.05) is 49.7 Å². The van der Waals surface area contributed by atoms with E-state index >= 15 is 0 Å². The van der Waals surface area contributed by atoms with Crippen molar-refractivity contribution in [3.05, 3.63) is 36.2 Å². The van der Waals surface area contributed by atoms with Gasteiger partial charge in [-0.05, 0) is 18.2 Å². The molecule has 2 aromatic rings. The highest BCUT2D eigenvalue weighted by Gasteiger charge is 2.40. The Morgan fingerprint density at radius 3 is 2.55 bits per heavy atom. The van der Waals surface area contributed by atoms with Gasteiger partial charge in [-0.1, -0.05) is 0 Å². The van der Waals surface area contributed by atoms with Crippen molar-refractivity contribution in [3.63, 3.8) is 0 Å². The SMILES string of the molecule is O=C(Nc1ccc2c(c1)OCCO2)c1ccnc(N2CCC3(CC2)OCCO3)n1. The molecule has 1 aromatic carbocycles. The topological polar surface area (TPSA) is 95.0 Å². The van der Waals surface area contributed by atoms with E-state index in [4.69, 9.17) is 18.9 Å². The summed E-state index contributed by atoms with van der Waals surface area (Å²) in [6, 6.07) is 6.91. The Kier molecular flexibility index (Phi) is 4.69. The minimum atomic E-state index is -0.455. The molecule has 2 saturated heterocycles. The number of fused-ring (bicyclic) bond motifs is 1. The molecule has 3 aliphatic rings. The second kappa shape index (κ2) is 7.49. The Morgan fingerprint density at radius 2 is 1.76 bits per heavy atom. The molecule has 0 unspecified atom stereocenters. The summed E-state index contributed by atoms with van der Waals surface area (Å²) in [5.74, 6) is 1.07.